The summed E-state index contributed by atoms with van der Waals surface area (Å²) in [5.41, 5.74) is 11.1. The average Bonchev–Trinajstić information content (AvgIpc) is 3.99. The summed E-state index contributed by atoms with van der Waals surface area (Å²) in [5.74, 6) is 0.929. The third kappa shape index (κ3) is 4.90. The van der Waals surface area contributed by atoms with E-state index in [2.05, 4.69) is 186 Å². The minimum atomic E-state index is -1.14. The Hall–Kier alpha value is -6.82. The van der Waals surface area contributed by atoms with Crippen LogP contribution in [0.15, 0.2) is 181 Å². The van der Waals surface area contributed by atoms with Crippen molar-refractivity contribution in [2.75, 3.05) is 6.61 Å². The molecule has 0 saturated carbocycles. The SMILES string of the molecule is C=C/C=C(\C=C1/COc2ccc([Si](C)c3ccc4oc5ccc(-n6c7ccccc7c7ccccc76)cc5c4c3)cc21)n1c2ccccc2c2ccccc21. The smallest absolute Gasteiger partial charge is 0.135 e. The van der Waals surface area contributed by atoms with Crippen LogP contribution >= 0.6 is 0 Å². The van der Waals surface area contributed by atoms with E-state index in [4.69, 9.17) is 9.15 Å². The molecular weight excluding hydrogens is 689 g/mol. The maximum absolute atomic E-state index is 6.42. The predicted molar refractivity (Wildman–Crippen MR) is 233 cm³/mol. The summed E-state index contributed by atoms with van der Waals surface area (Å²) < 4.78 is 17.4. The zero-order valence-electron chi connectivity index (χ0n) is 30.3. The highest BCUT2D eigenvalue weighted by Crippen LogP contribution is 2.38. The normalized spacial score (nSPS) is 14.0. The van der Waals surface area contributed by atoms with Crippen LogP contribution in [0.3, 0.4) is 0 Å². The van der Waals surface area contributed by atoms with Crippen molar-refractivity contribution in [3.8, 4) is 11.4 Å². The summed E-state index contributed by atoms with van der Waals surface area (Å²) in [7, 11) is -1.14. The predicted octanol–water partition coefficient (Wildman–Crippen LogP) is 11.5. The second kappa shape index (κ2) is 12.4. The van der Waals surface area contributed by atoms with Gasteiger partial charge in [-0.05, 0) is 66.7 Å². The molecule has 0 N–H and O–H groups in total. The molecule has 10 aromatic rings. The maximum Gasteiger partial charge on any atom is 0.135 e. The molecule has 1 radical (unpaired) electrons. The van der Waals surface area contributed by atoms with E-state index in [0.29, 0.717) is 6.61 Å². The summed E-state index contributed by atoms with van der Waals surface area (Å²) in [5, 5.41) is 9.94. The van der Waals surface area contributed by atoms with E-state index in [1.54, 1.807) is 0 Å². The van der Waals surface area contributed by atoms with Gasteiger partial charge in [-0.15, -0.1) is 0 Å². The van der Waals surface area contributed by atoms with Crippen molar-refractivity contribution < 1.29 is 9.15 Å². The zero-order chi connectivity index (χ0) is 36.6. The topological polar surface area (TPSA) is 32.2 Å². The Labute approximate surface area is 319 Å². The molecule has 5 heteroatoms. The first kappa shape index (κ1) is 31.7. The number of rotatable bonds is 6. The van der Waals surface area contributed by atoms with Crippen molar-refractivity contribution in [2.45, 2.75) is 6.55 Å². The van der Waals surface area contributed by atoms with Gasteiger partial charge in [0.1, 0.15) is 32.3 Å². The lowest BCUT2D eigenvalue weighted by Gasteiger charge is -2.13. The molecule has 0 spiro atoms. The Morgan fingerprint density at radius 2 is 1.15 bits per heavy atom. The zero-order valence-corrected chi connectivity index (χ0v) is 31.3. The molecule has 4 heterocycles. The summed E-state index contributed by atoms with van der Waals surface area (Å²) in [6.07, 6.45) is 6.24. The Morgan fingerprint density at radius 3 is 1.80 bits per heavy atom. The number of hydrogen-bond donors (Lipinski definition) is 0. The molecule has 3 aromatic heterocycles. The van der Waals surface area contributed by atoms with E-state index in [-0.39, 0.29) is 0 Å². The number of para-hydroxylation sites is 4. The molecule has 55 heavy (non-hydrogen) atoms. The van der Waals surface area contributed by atoms with Crippen LogP contribution in [0.4, 0.5) is 0 Å². The van der Waals surface area contributed by atoms with Crippen molar-refractivity contribution in [2.24, 2.45) is 0 Å². The van der Waals surface area contributed by atoms with Crippen LogP contribution in [-0.2, 0) is 0 Å². The molecule has 1 aliphatic rings. The largest absolute Gasteiger partial charge is 0.488 e. The molecule has 0 unspecified atom stereocenters. The number of aromatic nitrogens is 2. The lowest BCUT2D eigenvalue weighted by molar-refractivity contribution is 0.388. The van der Waals surface area contributed by atoms with E-state index in [1.165, 1.54) is 54.0 Å². The van der Waals surface area contributed by atoms with E-state index in [9.17, 15) is 0 Å². The van der Waals surface area contributed by atoms with E-state index in [0.717, 1.165) is 50.2 Å². The molecule has 0 fully saturated rings. The van der Waals surface area contributed by atoms with Crippen LogP contribution in [0.2, 0.25) is 6.55 Å². The number of allylic oxidation sites excluding steroid dienone is 4. The molecule has 0 saturated heterocycles. The standard InChI is InChI=1S/C50H35N2O2Si/c1-3-12-33(51-44-17-8-4-13-37(44)38-14-5-9-18-45(38)51)27-32-31-53-48-25-22-35(29-41(32)48)55(2)36-23-26-50-43(30-36)42-28-34(21-24-49(42)54-50)52-46-19-10-6-15-39(46)40-16-7-11-20-47(40)52/h3-30H,1,31H2,2H3/b32-27+,33-12+. The van der Waals surface area contributed by atoms with Crippen LogP contribution in [0.5, 0.6) is 5.75 Å². The molecule has 0 atom stereocenters. The first-order valence-corrected chi connectivity index (χ1v) is 20.7. The number of hydrogen-bond acceptors (Lipinski definition) is 2. The first-order chi connectivity index (χ1) is 27.1. The van der Waals surface area contributed by atoms with Crippen LogP contribution in [0, 0.1) is 0 Å². The molecule has 0 bridgehead atoms. The maximum atomic E-state index is 6.42. The van der Waals surface area contributed by atoms with Crippen LogP contribution < -0.4 is 15.1 Å². The third-order valence-electron chi connectivity index (χ3n) is 11.3. The van der Waals surface area contributed by atoms with Gasteiger partial charge in [-0.3, -0.25) is 0 Å². The van der Waals surface area contributed by atoms with Gasteiger partial charge in [-0.2, -0.15) is 0 Å². The van der Waals surface area contributed by atoms with Crippen molar-refractivity contribution in [3.63, 3.8) is 0 Å². The highest BCUT2D eigenvalue weighted by Gasteiger charge is 2.23. The summed E-state index contributed by atoms with van der Waals surface area (Å²) in [6, 6.07) is 54.6. The fourth-order valence-electron chi connectivity index (χ4n) is 8.68. The molecule has 7 aromatic carbocycles. The van der Waals surface area contributed by atoms with E-state index in [1.807, 2.05) is 6.08 Å². The van der Waals surface area contributed by atoms with Crippen LogP contribution in [-0.4, -0.2) is 24.5 Å². The highest BCUT2D eigenvalue weighted by molar-refractivity contribution is 6.84. The highest BCUT2D eigenvalue weighted by atomic mass is 28.3. The van der Waals surface area contributed by atoms with E-state index < -0.39 is 8.80 Å². The number of nitrogens with zero attached hydrogens (tertiary/aromatic N) is 2. The van der Waals surface area contributed by atoms with Gasteiger partial charge in [0.2, 0.25) is 0 Å². The molecule has 1 aliphatic heterocycles. The molecule has 0 aliphatic carbocycles. The van der Waals surface area contributed by atoms with Gasteiger partial charge in [-0.1, -0.05) is 127 Å². The summed E-state index contributed by atoms with van der Waals surface area (Å²) >= 11 is 0. The second-order valence-electron chi connectivity index (χ2n) is 14.4. The third-order valence-corrected chi connectivity index (χ3v) is 13.7. The van der Waals surface area contributed by atoms with Gasteiger partial charge in [0, 0.05) is 54.8 Å². The van der Waals surface area contributed by atoms with Gasteiger partial charge < -0.3 is 18.3 Å². The van der Waals surface area contributed by atoms with E-state index >= 15 is 0 Å². The van der Waals surface area contributed by atoms with Crippen LogP contribution in [0.25, 0.3) is 82.5 Å². The Balaban J connectivity index is 0.984. The van der Waals surface area contributed by atoms with Gasteiger partial charge in [0.25, 0.3) is 0 Å². The fourth-order valence-corrected chi connectivity index (χ4v) is 10.4. The van der Waals surface area contributed by atoms with Gasteiger partial charge in [-0.25, -0.2) is 0 Å². The quantitative estimate of drug-likeness (QED) is 0.126. The second-order valence-corrected chi connectivity index (χ2v) is 16.8. The van der Waals surface area contributed by atoms with Gasteiger partial charge in [0.05, 0.1) is 22.1 Å². The Morgan fingerprint density at radius 1 is 0.600 bits per heavy atom. The average molecular weight is 724 g/mol. The minimum absolute atomic E-state index is 0.525. The first-order valence-electron chi connectivity index (χ1n) is 18.7. The lowest BCUT2D eigenvalue weighted by atomic mass is 10.1. The number of benzene rings is 7. The van der Waals surface area contributed by atoms with Gasteiger partial charge in [0.15, 0.2) is 0 Å². The molecule has 4 nitrogen and oxygen atoms in total. The van der Waals surface area contributed by atoms with Crippen LogP contribution in [0.1, 0.15) is 5.56 Å². The molecule has 11 rings (SSSR count). The fraction of sp³-hybridized carbons (Fsp3) is 0.0400. The minimum Gasteiger partial charge on any atom is -0.488 e. The van der Waals surface area contributed by atoms with Crippen molar-refractivity contribution in [1.29, 1.82) is 0 Å². The summed E-state index contributed by atoms with van der Waals surface area (Å²) in [6.45, 7) is 7.00. The van der Waals surface area contributed by atoms with Crippen molar-refractivity contribution in [3.05, 3.63) is 182 Å². The number of ether oxygens (including phenoxy) is 1. The number of furan rings is 1. The molecule has 261 valence electrons. The Bertz CT molecular complexity index is 3160. The number of fused-ring (bicyclic) bond motifs is 10. The molecular formula is C50H35N2O2Si. The Kier molecular flexibility index (Phi) is 7.13. The van der Waals surface area contributed by atoms with Crippen molar-refractivity contribution in [1.82, 2.24) is 9.13 Å². The van der Waals surface area contributed by atoms with Gasteiger partial charge >= 0.3 is 0 Å². The monoisotopic (exact) mass is 723 g/mol. The summed E-state index contributed by atoms with van der Waals surface area (Å²) in [4.78, 5) is 0. The molecule has 0 amide bonds. The lowest BCUT2D eigenvalue weighted by Crippen LogP contribution is -2.39. The van der Waals surface area contributed by atoms with Crippen molar-refractivity contribution >= 4 is 96.0 Å².